The molecule has 0 saturated carbocycles. The first-order valence-electron chi connectivity index (χ1n) is 7.18. The monoisotopic (exact) mass is 266 g/mol. The fourth-order valence-electron chi connectivity index (χ4n) is 2.05. The molecule has 1 rings (SSSR count). The molecule has 0 aromatic carbocycles. The van der Waals surface area contributed by atoms with Crippen LogP contribution < -0.4 is 10.6 Å². The molecule has 0 saturated heterocycles. The molecular formula is C14H26N4O. The van der Waals surface area contributed by atoms with E-state index in [0.29, 0.717) is 6.04 Å². The van der Waals surface area contributed by atoms with Crippen LogP contribution in [0.1, 0.15) is 45.6 Å². The summed E-state index contributed by atoms with van der Waals surface area (Å²) in [4.78, 5) is 8.68. The topological polar surface area (TPSA) is 70.1 Å². The predicted molar refractivity (Wildman–Crippen MR) is 79.6 cm³/mol. The molecule has 0 amide bonds. The maximum Gasteiger partial charge on any atom is 0.134 e. The third-order valence-electron chi connectivity index (χ3n) is 2.97. The van der Waals surface area contributed by atoms with Gasteiger partial charge in [0.25, 0.3) is 0 Å². The molecule has 5 heteroatoms. The van der Waals surface area contributed by atoms with Crippen molar-refractivity contribution in [3.63, 3.8) is 0 Å². The number of anilines is 2. The summed E-state index contributed by atoms with van der Waals surface area (Å²) in [7, 11) is 0. The Morgan fingerprint density at radius 3 is 2.63 bits per heavy atom. The van der Waals surface area contributed by atoms with Crippen molar-refractivity contribution in [3.05, 3.63) is 11.9 Å². The summed E-state index contributed by atoms with van der Waals surface area (Å²) in [5.74, 6) is 1.84. The van der Waals surface area contributed by atoms with Crippen LogP contribution in [-0.4, -0.2) is 34.3 Å². The van der Waals surface area contributed by atoms with Gasteiger partial charge in [0, 0.05) is 24.8 Å². The molecule has 108 valence electrons. The molecule has 0 radical (unpaired) electrons. The zero-order valence-corrected chi connectivity index (χ0v) is 12.2. The molecule has 1 atom stereocenters. The Balaban J connectivity index is 2.82. The molecule has 1 aromatic rings. The zero-order chi connectivity index (χ0) is 14.1. The van der Waals surface area contributed by atoms with E-state index in [9.17, 15) is 0 Å². The van der Waals surface area contributed by atoms with Crippen LogP contribution in [0.5, 0.6) is 0 Å². The fraction of sp³-hybridized carbons (Fsp3) is 0.714. The highest BCUT2D eigenvalue weighted by Crippen LogP contribution is 2.22. The maximum atomic E-state index is 8.87. The molecule has 0 bridgehead atoms. The standard InChI is InChI=1S/C14H26N4O/c1-4-7-12-13(15-5-2)16-10-17-14(12)18-11(3)8-6-9-19/h10-11,19H,4-9H2,1-3H3,(H2,15,16,17,18). The number of hydrogen-bond donors (Lipinski definition) is 3. The second-order valence-corrected chi connectivity index (χ2v) is 4.74. The Kier molecular flexibility index (Phi) is 7.18. The lowest BCUT2D eigenvalue weighted by molar-refractivity contribution is 0.282. The van der Waals surface area contributed by atoms with Crippen LogP contribution in [0.4, 0.5) is 11.6 Å². The van der Waals surface area contributed by atoms with Gasteiger partial charge in [-0.25, -0.2) is 9.97 Å². The SMILES string of the molecule is CCCc1c(NCC)ncnc1NC(C)CCCO. The fourth-order valence-corrected chi connectivity index (χ4v) is 2.05. The smallest absolute Gasteiger partial charge is 0.134 e. The van der Waals surface area contributed by atoms with Gasteiger partial charge in [-0.15, -0.1) is 0 Å². The third kappa shape index (κ3) is 5.03. The number of aliphatic hydroxyl groups is 1. The molecule has 0 fully saturated rings. The first kappa shape index (κ1) is 15.7. The predicted octanol–water partition coefficient (Wildman–Crippen LogP) is 2.43. The normalized spacial score (nSPS) is 12.2. The summed E-state index contributed by atoms with van der Waals surface area (Å²) in [5.41, 5.74) is 1.16. The quantitative estimate of drug-likeness (QED) is 0.640. The van der Waals surface area contributed by atoms with Gasteiger partial charge in [-0.1, -0.05) is 13.3 Å². The van der Waals surface area contributed by atoms with Gasteiger partial charge in [-0.2, -0.15) is 0 Å². The van der Waals surface area contributed by atoms with Crippen LogP contribution >= 0.6 is 0 Å². The Bertz CT molecular complexity index is 370. The average molecular weight is 266 g/mol. The number of nitrogens with one attached hydrogen (secondary N) is 2. The number of nitrogens with zero attached hydrogens (tertiary/aromatic N) is 2. The van der Waals surface area contributed by atoms with Gasteiger partial charge in [0.2, 0.25) is 0 Å². The molecule has 1 aromatic heterocycles. The Morgan fingerprint density at radius 2 is 2.00 bits per heavy atom. The van der Waals surface area contributed by atoms with Crippen molar-refractivity contribution >= 4 is 11.6 Å². The van der Waals surface area contributed by atoms with E-state index in [1.54, 1.807) is 6.33 Å². The molecule has 1 unspecified atom stereocenters. The second kappa shape index (κ2) is 8.69. The Morgan fingerprint density at radius 1 is 1.26 bits per heavy atom. The van der Waals surface area contributed by atoms with Crippen molar-refractivity contribution in [2.75, 3.05) is 23.8 Å². The van der Waals surface area contributed by atoms with Crippen LogP contribution in [0.2, 0.25) is 0 Å². The second-order valence-electron chi connectivity index (χ2n) is 4.74. The van der Waals surface area contributed by atoms with Crippen molar-refractivity contribution < 1.29 is 5.11 Å². The van der Waals surface area contributed by atoms with E-state index in [4.69, 9.17) is 5.11 Å². The minimum absolute atomic E-state index is 0.236. The van der Waals surface area contributed by atoms with Crippen molar-refractivity contribution in [1.82, 2.24) is 9.97 Å². The number of rotatable bonds is 9. The summed E-state index contributed by atoms with van der Waals surface area (Å²) >= 11 is 0. The van der Waals surface area contributed by atoms with E-state index >= 15 is 0 Å². The minimum atomic E-state index is 0.236. The average Bonchev–Trinajstić information content (AvgIpc) is 2.40. The highest BCUT2D eigenvalue weighted by Gasteiger charge is 2.12. The summed E-state index contributed by atoms with van der Waals surface area (Å²) < 4.78 is 0. The summed E-state index contributed by atoms with van der Waals surface area (Å²) in [6, 6.07) is 0.298. The molecule has 5 nitrogen and oxygen atoms in total. The lowest BCUT2D eigenvalue weighted by Gasteiger charge is -2.18. The molecule has 0 aliphatic heterocycles. The van der Waals surface area contributed by atoms with Crippen LogP contribution in [-0.2, 0) is 6.42 Å². The van der Waals surface area contributed by atoms with E-state index < -0.39 is 0 Å². The molecule has 3 N–H and O–H groups in total. The Labute approximate surface area is 115 Å². The highest BCUT2D eigenvalue weighted by molar-refractivity contribution is 5.57. The minimum Gasteiger partial charge on any atom is -0.396 e. The highest BCUT2D eigenvalue weighted by atomic mass is 16.2. The van der Waals surface area contributed by atoms with Crippen molar-refractivity contribution in [1.29, 1.82) is 0 Å². The third-order valence-corrected chi connectivity index (χ3v) is 2.97. The van der Waals surface area contributed by atoms with Gasteiger partial charge in [-0.05, 0) is 33.1 Å². The first-order chi connectivity index (χ1) is 9.22. The number of hydrogen-bond acceptors (Lipinski definition) is 5. The van der Waals surface area contributed by atoms with Gasteiger partial charge >= 0.3 is 0 Å². The number of aromatic nitrogens is 2. The van der Waals surface area contributed by atoms with Crippen LogP contribution in [0.25, 0.3) is 0 Å². The molecule has 1 heterocycles. The van der Waals surface area contributed by atoms with E-state index in [2.05, 4.69) is 41.4 Å². The van der Waals surface area contributed by atoms with Crippen LogP contribution in [0.3, 0.4) is 0 Å². The molecular weight excluding hydrogens is 240 g/mol. The Hall–Kier alpha value is -1.36. The van der Waals surface area contributed by atoms with Crippen LogP contribution in [0.15, 0.2) is 6.33 Å². The van der Waals surface area contributed by atoms with Crippen molar-refractivity contribution in [2.24, 2.45) is 0 Å². The number of aliphatic hydroxyl groups excluding tert-OH is 1. The van der Waals surface area contributed by atoms with Crippen LogP contribution in [0, 0.1) is 0 Å². The lowest BCUT2D eigenvalue weighted by Crippen LogP contribution is -2.19. The summed E-state index contributed by atoms with van der Waals surface area (Å²) in [5, 5.41) is 15.6. The van der Waals surface area contributed by atoms with E-state index in [0.717, 1.165) is 49.4 Å². The van der Waals surface area contributed by atoms with Gasteiger partial charge in [0.1, 0.15) is 18.0 Å². The summed E-state index contributed by atoms with van der Waals surface area (Å²) in [6.07, 6.45) is 5.35. The van der Waals surface area contributed by atoms with Crippen molar-refractivity contribution in [2.45, 2.75) is 52.5 Å². The molecule has 19 heavy (non-hydrogen) atoms. The first-order valence-corrected chi connectivity index (χ1v) is 7.18. The largest absolute Gasteiger partial charge is 0.396 e. The van der Waals surface area contributed by atoms with E-state index in [1.807, 2.05) is 0 Å². The van der Waals surface area contributed by atoms with E-state index in [1.165, 1.54) is 0 Å². The molecule has 0 spiro atoms. The van der Waals surface area contributed by atoms with E-state index in [-0.39, 0.29) is 6.61 Å². The summed E-state index contributed by atoms with van der Waals surface area (Å²) in [6.45, 7) is 7.42. The zero-order valence-electron chi connectivity index (χ0n) is 12.2. The lowest BCUT2D eigenvalue weighted by atomic mass is 10.1. The van der Waals surface area contributed by atoms with Crippen molar-refractivity contribution in [3.8, 4) is 0 Å². The van der Waals surface area contributed by atoms with Gasteiger partial charge in [0.05, 0.1) is 0 Å². The maximum absolute atomic E-state index is 8.87. The van der Waals surface area contributed by atoms with Gasteiger partial charge in [-0.3, -0.25) is 0 Å². The molecule has 0 aliphatic rings. The van der Waals surface area contributed by atoms with Gasteiger partial charge in [0.15, 0.2) is 0 Å². The van der Waals surface area contributed by atoms with Gasteiger partial charge < -0.3 is 15.7 Å². The molecule has 0 aliphatic carbocycles.